The molecule has 0 fully saturated rings. The van der Waals surface area contributed by atoms with Gasteiger partial charge in [0.2, 0.25) is 0 Å². The van der Waals surface area contributed by atoms with E-state index in [9.17, 15) is 0 Å². The number of rotatable bonds is 4. The molecule has 43 heavy (non-hydrogen) atoms. The Morgan fingerprint density at radius 3 is 1.14 bits per heavy atom. The van der Waals surface area contributed by atoms with Crippen molar-refractivity contribution >= 4 is 0 Å². The van der Waals surface area contributed by atoms with Crippen LogP contribution in [0.2, 0.25) is 0 Å². The third-order valence-corrected chi connectivity index (χ3v) is 8.00. The fraction of sp³-hybridized carbons (Fsp3) is 0.302. The molecule has 0 amide bonds. The highest BCUT2D eigenvalue weighted by Gasteiger charge is 1.96. The average Bonchev–Trinajstić information content (AvgIpc) is 3.01. The van der Waals surface area contributed by atoms with Crippen LogP contribution in [0.25, 0.3) is 0 Å². The summed E-state index contributed by atoms with van der Waals surface area (Å²) in [6.45, 7) is 21.5. The summed E-state index contributed by atoms with van der Waals surface area (Å²) in [4.78, 5) is 0. The maximum Gasteiger partial charge on any atom is -0.00258 e. The molecule has 0 saturated carbocycles. The minimum atomic E-state index is 1.03. The monoisotopic (exact) mass is 570 g/mol. The molecular formula is C43H54. The van der Waals surface area contributed by atoms with E-state index in [1.54, 1.807) is 0 Å². The van der Waals surface area contributed by atoms with Crippen molar-refractivity contribution in [2.24, 2.45) is 0 Å². The molecule has 0 radical (unpaired) electrons. The van der Waals surface area contributed by atoms with E-state index in [0.717, 1.165) is 19.3 Å². The Bertz CT molecular complexity index is 1420. The second-order valence-electron chi connectivity index (χ2n) is 11.8. The van der Waals surface area contributed by atoms with E-state index in [4.69, 9.17) is 0 Å². The summed E-state index contributed by atoms with van der Waals surface area (Å²) in [5.41, 5.74) is 16.6. The van der Waals surface area contributed by atoms with Gasteiger partial charge in [-0.25, -0.2) is 0 Å². The van der Waals surface area contributed by atoms with Gasteiger partial charge in [0.05, 0.1) is 0 Å². The van der Waals surface area contributed by atoms with E-state index >= 15 is 0 Å². The highest BCUT2D eigenvalue weighted by molar-refractivity contribution is 5.32. The van der Waals surface area contributed by atoms with E-state index in [-0.39, 0.29) is 0 Å². The van der Waals surface area contributed by atoms with Crippen LogP contribution >= 0.6 is 0 Å². The Hall–Kier alpha value is -3.90. The van der Waals surface area contributed by atoms with E-state index < -0.39 is 0 Å². The number of benzene rings is 5. The largest absolute Gasteiger partial charge is 0.0617 e. The Morgan fingerprint density at radius 2 is 0.767 bits per heavy atom. The zero-order chi connectivity index (χ0) is 31.8. The molecule has 0 aromatic heterocycles. The number of aryl methyl sites for hydroxylation is 9. The van der Waals surface area contributed by atoms with Gasteiger partial charge in [-0.3, -0.25) is 0 Å². The average molecular weight is 571 g/mol. The molecule has 226 valence electrons. The zero-order valence-corrected chi connectivity index (χ0v) is 28.5. The summed E-state index contributed by atoms with van der Waals surface area (Å²) in [5.74, 6) is 0. The molecule has 0 aliphatic carbocycles. The lowest BCUT2D eigenvalue weighted by Gasteiger charge is -2.03. The summed E-state index contributed by atoms with van der Waals surface area (Å²) in [6, 6.07) is 39.1. The van der Waals surface area contributed by atoms with Crippen molar-refractivity contribution in [3.63, 3.8) is 0 Å². The fourth-order valence-corrected chi connectivity index (χ4v) is 4.51. The first-order chi connectivity index (χ1) is 20.5. The highest BCUT2D eigenvalue weighted by atomic mass is 14.0. The lowest BCUT2D eigenvalue weighted by atomic mass is 10.0. The van der Waals surface area contributed by atoms with Crippen molar-refractivity contribution < 1.29 is 0 Å². The van der Waals surface area contributed by atoms with Gasteiger partial charge in [-0.15, -0.1) is 0 Å². The van der Waals surface area contributed by atoms with Gasteiger partial charge in [0.1, 0.15) is 0 Å². The summed E-state index contributed by atoms with van der Waals surface area (Å²) in [6.07, 6.45) is 3.32. The van der Waals surface area contributed by atoms with E-state index in [0.29, 0.717) is 0 Å². The molecule has 5 aromatic carbocycles. The molecule has 5 rings (SSSR count). The summed E-state index contributed by atoms with van der Waals surface area (Å²) < 4.78 is 0. The second kappa shape index (κ2) is 18.6. The van der Waals surface area contributed by atoms with Crippen molar-refractivity contribution in [1.82, 2.24) is 0 Å². The van der Waals surface area contributed by atoms with Gasteiger partial charge >= 0.3 is 0 Å². The third kappa shape index (κ3) is 13.3. The maximum atomic E-state index is 2.28. The quantitative estimate of drug-likeness (QED) is 0.202. The SMILES string of the molecule is CCc1cccc(CC)c1.Cc1ccc(C)c(C)c1.Cc1ccc(Cc2ccc(C)cc2)cc1.Cc1cccc(C)c1C. The van der Waals surface area contributed by atoms with Crippen LogP contribution in [0.15, 0.2) is 109 Å². The minimum Gasteiger partial charge on any atom is -0.0617 e. The standard InChI is InChI=1S/C15H16.C10H14.2C9H12/c1-12-3-7-14(8-4-12)11-15-9-5-13(2)6-10-15;1-3-9-6-5-7-10(4-2)8-9;1-7-4-5-8(2)9(3)6-7;1-7-5-4-6-8(2)9(7)3/h3-10H,11H2,1-2H3;5-8H,3-4H2,1-2H3;2*4-6H,1-3H3. The van der Waals surface area contributed by atoms with Gasteiger partial charge < -0.3 is 0 Å². The maximum absolute atomic E-state index is 2.28. The van der Waals surface area contributed by atoms with Crippen molar-refractivity contribution in [2.45, 2.75) is 88.5 Å². The first-order valence-electron chi connectivity index (χ1n) is 15.8. The smallest absolute Gasteiger partial charge is 0.00258 e. The second-order valence-corrected chi connectivity index (χ2v) is 11.8. The first kappa shape index (κ1) is 35.3. The van der Waals surface area contributed by atoms with Crippen LogP contribution in [-0.2, 0) is 19.3 Å². The molecule has 0 nitrogen and oxygen atoms in total. The van der Waals surface area contributed by atoms with Crippen LogP contribution in [-0.4, -0.2) is 0 Å². The van der Waals surface area contributed by atoms with Gasteiger partial charge in [0.15, 0.2) is 0 Å². The predicted octanol–water partition coefficient (Wildman–Crippen LogP) is 11.9. The molecule has 5 aromatic rings. The molecule has 0 spiro atoms. The molecule has 0 aliphatic rings. The van der Waals surface area contributed by atoms with Crippen LogP contribution in [0, 0.1) is 55.4 Å². The van der Waals surface area contributed by atoms with E-state index in [1.165, 1.54) is 66.8 Å². The Balaban J connectivity index is 0.000000206. The minimum absolute atomic E-state index is 1.03. The molecule has 0 bridgehead atoms. The van der Waals surface area contributed by atoms with Crippen LogP contribution in [0.1, 0.15) is 80.6 Å². The van der Waals surface area contributed by atoms with E-state index in [2.05, 4.69) is 178 Å². The van der Waals surface area contributed by atoms with Crippen LogP contribution < -0.4 is 0 Å². The van der Waals surface area contributed by atoms with Gasteiger partial charge in [0.25, 0.3) is 0 Å². The van der Waals surface area contributed by atoms with Crippen molar-refractivity contribution in [3.8, 4) is 0 Å². The molecule has 0 heteroatoms. The first-order valence-corrected chi connectivity index (χ1v) is 15.8. The summed E-state index contributed by atoms with van der Waals surface area (Å²) in [7, 11) is 0. The third-order valence-electron chi connectivity index (χ3n) is 8.00. The summed E-state index contributed by atoms with van der Waals surface area (Å²) >= 11 is 0. The molecule has 0 aliphatic heterocycles. The topological polar surface area (TPSA) is 0 Å². The molecule has 0 unspecified atom stereocenters. The van der Waals surface area contributed by atoms with Crippen molar-refractivity contribution in [3.05, 3.63) is 176 Å². The van der Waals surface area contributed by atoms with Crippen LogP contribution in [0.5, 0.6) is 0 Å². The normalized spacial score (nSPS) is 9.91. The molecule has 0 atom stereocenters. The van der Waals surface area contributed by atoms with Crippen molar-refractivity contribution in [1.29, 1.82) is 0 Å². The van der Waals surface area contributed by atoms with Crippen molar-refractivity contribution in [2.75, 3.05) is 0 Å². The Kier molecular flexibility index (Phi) is 15.3. The van der Waals surface area contributed by atoms with Gasteiger partial charge in [-0.1, -0.05) is 140 Å². The molecule has 0 saturated heterocycles. The van der Waals surface area contributed by atoms with Gasteiger partial charge in [-0.05, 0) is 125 Å². The van der Waals surface area contributed by atoms with Crippen LogP contribution in [0.4, 0.5) is 0 Å². The van der Waals surface area contributed by atoms with E-state index in [1.807, 2.05) is 0 Å². The Morgan fingerprint density at radius 1 is 0.349 bits per heavy atom. The Labute approximate surface area is 263 Å². The lowest BCUT2D eigenvalue weighted by Crippen LogP contribution is -1.88. The highest BCUT2D eigenvalue weighted by Crippen LogP contribution is 2.12. The lowest BCUT2D eigenvalue weighted by molar-refractivity contribution is 1.09. The number of hydrogen-bond donors (Lipinski definition) is 0. The van der Waals surface area contributed by atoms with Crippen LogP contribution in [0.3, 0.4) is 0 Å². The molecule has 0 heterocycles. The fourth-order valence-electron chi connectivity index (χ4n) is 4.51. The molecular weight excluding hydrogens is 516 g/mol. The molecule has 0 N–H and O–H groups in total. The predicted molar refractivity (Wildman–Crippen MR) is 192 cm³/mol. The number of hydrogen-bond acceptors (Lipinski definition) is 0. The van der Waals surface area contributed by atoms with Gasteiger partial charge in [-0.2, -0.15) is 0 Å². The van der Waals surface area contributed by atoms with Gasteiger partial charge in [0, 0.05) is 0 Å². The summed E-state index contributed by atoms with van der Waals surface area (Å²) in [5, 5.41) is 0. The zero-order valence-electron chi connectivity index (χ0n) is 28.5.